The summed E-state index contributed by atoms with van der Waals surface area (Å²) in [4.78, 5) is 22.2. The van der Waals surface area contributed by atoms with E-state index in [9.17, 15) is 17.6 Å². The highest BCUT2D eigenvalue weighted by Gasteiger charge is 2.30. The van der Waals surface area contributed by atoms with Crippen molar-refractivity contribution < 1.29 is 22.3 Å². The zero-order chi connectivity index (χ0) is 32.8. The van der Waals surface area contributed by atoms with Gasteiger partial charge in [0.15, 0.2) is 0 Å². The van der Waals surface area contributed by atoms with E-state index in [0.29, 0.717) is 48.1 Å². The number of carbonyl (C=O) groups excluding carboxylic acids is 1. The molecule has 1 aliphatic rings. The summed E-state index contributed by atoms with van der Waals surface area (Å²) in [6.45, 7) is 5.98. The van der Waals surface area contributed by atoms with Crippen LogP contribution in [0.3, 0.4) is 0 Å². The number of sulfonamides is 1. The van der Waals surface area contributed by atoms with Crippen molar-refractivity contribution >= 4 is 39.3 Å². The summed E-state index contributed by atoms with van der Waals surface area (Å²) >= 11 is 0. The summed E-state index contributed by atoms with van der Waals surface area (Å²) in [5.41, 5.74) is 5.10. The molecule has 2 heterocycles. The molecule has 0 bridgehead atoms. The lowest BCUT2D eigenvalue weighted by molar-refractivity contribution is 0.199. The maximum absolute atomic E-state index is 14.3. The summed E-state index contributed by atoms with van der Waals surface area (Å²) in [7, 11) is -3.36. The summed E-state index contributed by atoms with van der Waals surface area (Å²) in [5.74, 6) is 0.560. The molecule has 0 atom stereocenters. The van der Waals surface area contributed by atoms with E-state index in [1.165, 1.54) is 18.3 Å². The average Bonchev–Trinajstić information content (AvgIpc) is 3.00. The van der Waals surface area contributed by atoms with E-state index in [0.717, 1.165) is 41.7 Å². The van der Waals surface area contributed by atoms with Gasteiger partial charge in [-0.25, -0.2) is 22.6 Å². The Bertz CT molecular complexity index is 1830. The fraction of sp³-hybridized carbons (Fsp3) is 0.265. The van der Waals surface area contributed by atoms with E-state index in [1.54, 1.807) is 53.4 Å². The van der Waals surface area contributed by atoms with Gasteiger partial charge in [0.05, 0.1) is 6.26 Å². The number of hydrogen-bond donors (Lipinski definition) is 3. The highest BCUT2D eigenvalue weighted by atomic mass is 32.2. The van der Waals surface area contributed by atoms with Gasteiger partial charge in [-0.2, -0.15) is 0 Å². The Morgan fingerprint density at radius 1 is 1.04 bits per heavy atom. The first kappa shape index (κ1) is 32.6. The summed E-state index contributed by atoms with van der Waals surface area (Å²) < 4.78 is 45.4. The number of nitrogens with zero attached hydrogens (tertiary/aromatic N) is 3. The fourth-order valence-electron chi connectivity index (χ4n) is 5.51. The molecular formula is C34H37FN6O4S. The highest BCUT2D eigenvalue weighted by molar-refractivity contribution is 7.92. The number of halogens is 1. The van der Waals surface area contributed by atoms with Crippen LogP contribution in [-0.2, 0) is 16.6 Å². The number of rotatable bonds is 10. The predicted molar refractivity (Wildman–Crippen MR) is 179 cm³/mol. The number of piperidine rings is 1. The monoisotopic (exact) mass is 644 g/mol. The van der Waals surface area contributed by atoms with E-state index in [1.807, 2.05) is 32.0 Å². The van der Waals surface area contributed by atoms with Crippen LogP contribution in [-0.4, -0.2) is 55.9 Å². The first-order valence-electron chi connectivity index (χ1n) is 14.9. The van der Waals surface area contributed by atoms with Crippen LogP contribution in [0.4, 0.5) is 26.2 Å². The van der Waals surface area contributed by atoms with Crippen LogP contribution in [0.5, 0.6) is 11.6 Å². The first-order valence-corrected chi connectivity index (χ1v) is 16.8. The van der Waals surface area contributed by atoms with Crippen LogP contribution >= 0.6 is 0 Å². The number of urea groups is 1. The molecule has 0 spiro atoms. The zero-order valence-corrected chi connectivity index (χ0v) is 26.8. The molecule has 0 unspecified atom stereocenters. The second-order valence-corrected chi connectivity index (χ2v) is 13.1. The third-order valence-electron chi connectivity index (χ3n) is 7.85. The fourth-order valence-corrected chi connectivity index (χ4v) is 6.08. The van der Waals surface area contributed by atoms with E-state index in [-0.39, 0.29) is 12.1 Å². The molecular weight excluding hydrogens is 607 g/mol. The van der Waals surface area contributed by atoms with Crippen LogP contribution in [0.2, 0.25) is 0 Å². The topological polar surface area (TPSA) is 128 Å². The van der Waals surface area contributed by atoms with Gasteiger partial charge in [-0.05, 0) is 98.0 Å². The van der Waals surface area contributed by atoms with Crippen molar-refractivity contribution in [2.45, 2.75) is 39.3 Å². The number of aryl methyl sites for hydroxylation is 2. The first-order chi connectivity index (χ1) is 22.0. The molecule has 46 heavy (non-hydrogen) atoms. The Labute approximate surface area is 268 Å². The molecule has 3 N–H and O–H groups in total. The Kier molecular flexibility index (Phi) is 9.98. The summed E-state index contributed by atoms with van der Waals surface area (Å²) in [6, 6.07) is 21.4. The van der Waals surface area contributed by atoms with Gasteiger partial charge < -0.3 is 15.5 Å². The molecule has 1 aromatic heterocycles. The van der Waals surface area contributed by atoms with Crippen LogP contribution in [0.15, 0.2) is 78.9 Å². The Hall–Kier alpha value is -4.81. The van der Waals surface area contributed by atoms with Gasteiger partial charge in [0.1, 0.15) is 11.6 Å². The number of aromatic nitrogens is 1. The summed E-state index contributed by atoms with van der Waals surface area (Å²) in [6.07, 6.45) is 3.77. The van der Waals surface area contributed by atoms with Gasteiger partial charge >= 0.3 is 6.03 Å². The lowest BCUT2D eigenvalue weighted by Crippen LogP contribution is -2.49. The molecule has 0 radical (unpaired) electrons. The molecule has 12 heteroatoms. The third kappa shape index (κ3) is 8.46. The van der Waals surface area contributed by atoms with E-state index in [4.69, 9.17) is 10.1 Å². The number of pyridine rings is 1. The third-order valence-corrected chi connectivity index (χ3v) is 8.45. The van der Waals surface area contributed by atoms with Gasteiger partial charge in [0, 0.05) is 60.7 Å². The minimum atomic E-state index is -3.36. The van der Waals surface area contributed by atoms with Gasteiger partial charge in [-0.1, -0.05) is 18.2 Å². The van der Waals surface area contributed by atoms with Crippen molar-refractivity contribution in [1.29, 1.82) is 5.41 Å². The quantitative estimate of drug-likeness (QED) is 0.165. The molecule has 1 fully saturated rings. The van der Waals surface area contributed by atoms with Crippen molar-refractivity contribution in [2.24, 2.45) is 0 Å². The molecule has 4 aromatic rings. The number of benzene rings is 3. The number of nitrogens with one attached hydrogen (secondary N) is 3. The van der Waals surface area contributed by atoms with Gasteiger partial charge in [0.2, 0.25) is 15.9 Å². The minimum Gasteiger partial charge on any atom is -0.439 e. The Balaban J connectivity index is 1.22. The molecule has 1 saturated heterocycles. The average molecular weight is 645 g/mol. The van der Waals surface area contributed by atoms with Crippen molar-refractivity contribution in [3.63, 3.8) is 0 Å². The Morgan fingerprint density at radius 2 is 1.76 bits per heavy atom. The molecule has 3 aromatic carbocycles. The Morgan fingerprint density at radius 3 is 2.39 bits per heavy atom. The lowest BCUT2D eigenvalue weighted by atomic mass is 10.0. The van der Waals surface area contributed by atoms with Gasteiger partial charge in [-0.3, -0.25) is 14.5 Å². The minimum absolute atomic E-state index is 0.131. The normalized spacial score (nSPS) is 14.0. The lowest BCUT2D eigenvalue weighted by Gasteiger charge is -2.38. The molecule has 10 nitrogen and oxygen atoms in total. The van der Waals surface area contributed by atoms with E-state index < -0.39 is 15.8 Å². The van der Waals surface area contributed by atoms with Crippen molar-refractivity contribution in [1.82, 2.24) is 9.88 Å². The molecule has 1 aliphatic heterocycles. The zero-order valence-electron chi connectivity index (χ0n) is 26.0. The largest absolute Gasteiger partial charge is 0.439 e. The number of carbonyl (C=O) groups is 1. The second-order valence-electron chi connectivity index (χ2n) is 11.4. The SMILES string of the molecule is Cc1cc(NC(=O)N(c2cccc(F)c2)C2CCN(Cc3ccc(Oc4ccc(NS(C)(=O)=O)cc4)nc3C)CC2)ccc1C=N. The van der Waals surface area contributed by atoms with Crippen molar-refractivity contribution in [3.05, 3.63) is 107 Å². The smallest absolute Gasteiger partial charge is 0.326 e. The van der Waals surface area contributed by atoms with Crippen LogP contribution < -0.4 is 19.7 Å². The van der Waals surface area contributed by atoms with Gasteiger partial charge in [-0.15, -0.1) is 0 Å². The second kappa shape index (κ2) is 14.1. The van der Waals surface area contributed by atoms with E-state index >= 15 is 0 Å². The highest BCUT2D eigenvalue weighted by Crippen LogP contribution is 2.28. The molecule has 5 rings (SSSR count). The summed E-state index contributed by atoms with van der Waals surface area (Å²) in [5, 5.41) is 10.5. The van der Waals surface area contributed by atoms with Crippen LogP contribution in [0, 0.1) is 25.1 Å². The van der Waals surface area contributed by atoms with Gasteiger partial charge in [0.25, 0.3) is 0 Å². The van der Waals surface area contributed by atoms with Crippen LogP contribution in [0.25, 0.3) is 0 Å². The number of anilines is 3. The number of amides is 2. The van der Waals surface area contributed by atoms with E-state index in [2.05, 4.69) is 19.9 Å². The molecule has 0 saturated carbocycles. The molecule has 0 aliphatic carbocycles. The maximum atomic E-state index is 14.3. The number of hydrogen-bond acceptors (Lipinski definition) is 7. The standard InChI is InChI=1S/C34H37FN6O4S/c1-23-19-29(9-7-25(23)21-36)38-34(42)41(31-6-4-5-27(35)20-31)30-15-17-40(18-16-30)22-26-8-14-33(37-24(26)2)45-32-12-10-28(11-13-32)39-46(3,43)44/h4-14,19-21,30,36,39H,15-18,22H2,1-3H3,(H,38,42). The number of likely N-dealkylation sites (tertiary alicyclic amines) is 1. The number of ether oxygens (including phenoxy) is 1. The van der Waals surface area contributed by atoms with Crippen molar-refractivity contribution in [2.75, 3.05) is 34.3 Å². The molecule has 2 amide bonds. The van der Waals surface area contributed by atoms with Crippen LogP contribution in [0.1, 0.15) is 35.2 Å². The maximum Gasteiger partial charge on any atom is 0.326 e. The molecule has 240 valence electrons. The van der Waals surface area contributed by atoms with Crippen molar-refractivity contribution in [3.8, 4) is 11.6 Å². The predicted octanol–water partition coefficient (Wildman–Crippen LogP) is 6.70.